The molecule has 0 radical (unpaired) electrons. The molecule has 188 valence electrons. The summed E-state index contributed by atoms with van der Waals surface area (Å²) in [6.07, 6.45) is 6.06. The predicted octanol–water partition coefficient (Wildman–Crippen LogP) is 3.62. The van der Waals surface area contributed by atoms with Crippen LogP contribution in [-0.4, -0.2) is 61.6 Å². The van der Waals surface area contributed by atoms with Crippen LogP contribution >= 0.6 is 0 Å². The molecule has 0 aliphatic carbocycles. The lowest BCUT2D eigenvalue weighted by Gasteiger charge is -2.25. The summed E-state index contributed by atoms with van der Waals surface area (Å²) in [6.45, 7) is 4.04. The quantitative estimate of drug-likeness (QED) is 0.418. The molecule has 9 nitrogen and oxygen atoms in total. The summed E-state index contributed by atoms with van der Waals surface area (Å²) in [6, 6.07) is 5.65. The molecule has 0 bridgehead atoms. The number of nitrogens with zero attached hydrogens (tertiary/aromatic N) is 7. The van der Waals surface area contributed by atoms with Crippen LogP contribution < -0.4 is 10.6 Å². The van der Waals surface area contributed by atoms with Crippen molar-refractivity contribution in [1.82, 2.24) is 29.5 Å². The molecule has 1 fully saturated rings. The van der Waals surface area contributed by atoms with Crippen molar-refractivity contribution in [3.8, 4) is 0 Å². The largest absolute Gasteiger partial charge is 0.370 e. The maximum Gasteiger partial charge on any atom is 0.272 e. The van der Waals surface area contributed by atoms with Gasteiger partial charge >= 0.3 is 0 Å². The Hall–Kier alpha value is -3.89. The first-order chi connectivity index (χ1) is 17.3. The first kappa shape index (κ1) is 23.8. The van der Waals surface area contributed by atoms with Gasteiger partial charge in [-0.2, -0.15) is 4.52 Å². The van der Waals surface area contributed by atoms with Crippen molar-refractivity contribution in [2.24, 2.45) is 0 Å². The highest BCUT2D eigenvalue weighted by atomic mass is 19.1. The monoisotopic (exact) mass is 494 g/mol. The van der Waals surface area contributed by atoms with Gasteiger partial charge in [0.25, 0.3) is 5.91 Å². The lowest BCUT2D eigenvalue weighted by molar-refractivity contribution is 0.0730. The Morgan fingerprint density at radius 1 is 1.19 bits per heavy atom. The Labute approximate surface area is 206 Å². The van der Waals surface area contributed by atoms with Gasteiger partial charge in [0.15, 0.2) is 17.3 Å². The third kappa shape index (κ3) is 4.52. The number of halogens is 2. The molecular formula is C25H28F2N8O. The molecule has 0 unspecified atom stereocenters. The molecule has 4 heterocycles. The van der Waals surface area contributed by atoms with E-state index in [-0.39, 0.29) is 34.4 Å². The smallest absolute Gasteiger partial charge is 0.272 e. The van der Waals surface area contributed by atoms with Crippen molar-refractivity contribution in [3.63, 3.8) is 0 Å². The number of pyridine rings is 1. The number of carbonyl (C=O) groups is 1. The van der Waals surface area contributed by atoms with Crippen molar-refractivity contribution in [1.29, 1.82) is 0 Å². The minimum absolute atomic E-state index is 0.0243. The molecule has 11 heteroatoms. The second-order valence-corrected chi connectivity index (χ2v) is 9.27. The van der Waals surface area contributed by atoms with Crippen LogP contribution in [0.5, 0.6) is 0 Å². The molecule has 1 aliphatic heterocycles. The van der Waals surface area contributed by atoms with Crippen LogP contribution in [0.3, 0.4) is 0 Å². The maximum absolute atomic E-state index is 14.2. The molecule has 36 heavy (non-hydrogen) atoms. The molecule has 4 aromatic rings. The minimum Gasteiger partial charge on any atom is -0.370 e. The Morgan fingerprint density at radius 3 is 2.69 bits per heavy atom. The SMILES string of the molecule is C[C@@H](CCCc1nc2c3cc(F)cc(F)c3nc(N)n2n1)N(C)C(=O)c1ccc(N2CCCC2)cn1. The molecule has 1 atom stereocenters. The van der Waals surface area contributed by atoms with Gasteiger partial charge in [0.05, 0.1) is 17.3 Å². The van der Waals surface area contributed by atoms with E-state index in [0.717, 1.165) is 24.8 Å². The number of aryl methyl sites for hydroxylation is 1. The van der Waals surface area contributed by atoms with E-state index in [1.807, 2.05) is 13.0 Å². The standard InChI is InChI=1S/C25H28F2N8O/c1-15(33(2)24(36)20-9-8-17(14-29-20)34-10-3-4-11-34)6-5-7-21-30-23-18-12-16(26)13-19(27)22(18)31-25(28)35(23)32-21/h8-9,12-15H,3-7,10-11H2,1-2H3,(H2,28,31)/t15-/m0/s1. The molecule has 1 amide bonds. The van der Waals surface area contributed by atoms with Crippen LogP contribution in [0.25, 0.3) is 16.6 Å². The van der Waals surface area contributed by atoms with Crippen LogP contribution in [0.1, 0.15) is 48.9 Å². The third-order valence-corrected chi connectivity index (χ3v) is 6.81. The fourth-order valence-corrected chi connectivity index (χ4v) is 4.61. The van der Waals surface area contributed by atoms with Gasteiger partial charge in [-0.15, -0.1) is 5.10 Å². The van der Waals surface area contributed by atoms with Crippen LogP contribution in [0.15, 0.2) is 30.5 Å². The van der Waals surface area contributed by atoms with Gasteiger partial charge in [0.2, 0.25) is 5.95 Å². The van der Waals surface area contributed by atoms with Gasteiger partial charge in [-0.05, 0) is 50.8 Å². The number of hydrogen-bond acceptors (Lipinski definition) is 7. The summed E-state index contributed by atoms with van der Waals surface area (Å²) in [7, 11) is 1.77. The molecule has 5 rings (SSSR count). The summed E-state index contributed by atoms with van der Waals surface area (Å²) in [5.41, 5.74) is 7.61. The topological polar surface area (TPSA) is 106 Å². The van der Waals surface area contributed by atoms with E-state index < -0.39 is 11.6 Å². The highest BCUT2D eigenvalue weighted by Gasteiger charge is 2.21. The molecule has 1 aromatic carbocycles. The van der Waals surface area contributed by atoms with Gasteiger partial charge in [-0.1, -0.05) is 0 Å². The van der Waals surface area contributed by atoms with Crippen molar-refractivity contribution >= 4 is 34.1 Å². The molecule has 3 aromatic heterocycles. The number of fused-ring (bicyclic) bond motifs is 3. The Kier molecular flexibility index (Phi) is 6.38. The second kappa shape index (κ2) is 9.63. The molecule has 1 aliphatic rings. The van der Waals surface area contributed by atoms with Crippen molar-refractivity contribution in [2.75, 3.05) is 30.8 Å². The minimum atomic E-state index is -0.801. The van der Waals surface area contributed by atoms with Crippen LogP contribution in [0, 0.1) is 11.6 Å². The molecule has 1 saturated heterocycles. The number of nitrogens with two attached hydrogens (primary N) is 1. The number of anilines is 2. The zero-order valence-corrected chi connectivity index (χ0v) is 20.3. The van der Waals surface area contributed by atoms with E-state index in [0.29, 0.717) is 30.8 Å². The summed E-state index contributed by atoms with van der Waals surface area (Å²) < 4.78 is 29.2. The summed E-state index contributed by atoms with van der Waals surface area (Å²) in [4.78, 5) is 29.8. The summed E-state index contributed by atoms with van der Waals surface area (Å²) >= 11 is 0. The van der Waals surface area contributed by atoms with E-state index >= 15 is 0 Å². The number of aromatic nitrogens is 5. The van der Waals surface area contributed by atoms with E-state index in [4.69, 9.17) is 5.73 Å². The van der Waals surface area contributed by atoms with Gasteiger partial charge in [-0.3, -0.25) is 4.79 Å². The van der Waals surface area contributed by atoms with Gasteiger partial charge in [0.1, 0.15) is 17.0 Å². The lowest BCUT2D eigenvalue weighted by Crippen LogP contribution is -2.35. The number of amides is 1. The highest BCUT2D eigenvalue weighted by Crippen LogP contribution is 2.24. The summed E-state index contributed by atoms with van der Waals surface area (Å²) in [5, 5.41) is 4.58. The van der Waals surface area contributed by atoms with E-state index in [1.165, 1.54) is 23.4 Å². The van der Waals surface area contributed by atoms with E-state index in [1.54, 1.807) is 24.2 Å². The predicted molar refractivity (Wildman–Crippen MR) is 133 cm³/mol. The number of nitrogen functional groups attached to an aromatic ring is 1. The van der Waals surface area contributed by atoms with Crippen LogP contribution in [0.4, 0.5) is 20.4 Å². The summed E-state index contributed by atoms with van der Waals surface area (Å²) in [5.74, 6) is -1.19. The Bertz CT molecular complexity index is 1420. The lowest BCUT2D eigenvalue weighted by atomic mass is 10.1. The Balaban J connectivity index is 1.22. The average molecular weight is 495 g/mol. The van der Waals surface area contributed by atoms with Crippen molar-refractivity contribution < 1.29 is 13.6 Å². The average Bonchev–Trinajstić information content (AvgIpc) is 3.55. The first-order valence-corrected chi connectivity index (χ1v) is 12.1. The Morgan fingerprint density at radius 2 is 1.97 bits per heavy atom. The van der Waals surface area contributed by atoms with Crippen LogP contribution in [0.2, 0.25) is 0 Å². The van der Waals surface area contributed by atoms with Gasteiger partial charge in [-0.25, -0.2) is 23.7 Å². The normalized spacial score (nSPS) is 14.6. The molecule has 0 saturated carbocycles. The van der Waals surface area contributed by atoms with Crippen molar-refractivity contribution in [3.05, 3.63) is 53.6 Å². The number of benzene rings is 1. The number of rotatable bonds is 7. The van der Waals surface area contributed by atoms with E-state index in [9.17, 15) is 13.6 Å². The fourth-order valence-electron chi connectivity index (χ4n) is 4.61. The zero-order valence-electron chi connectivity index (χ0n) is 20.3. The molecular weight excluding hydrogens is 466 g/mol. The number of hydrogen-bond donors (Lipinski definition) is 1. The second-order valence-electron chi connectivity index (χ2n) is 9.27. The number of carbonyl (C=O) groups excluding carboxylic acids is 1. The molecule has 0 spiro atoms. The van der Waals surface area contributed by atoms with Gasteiger partial charge < -0.3 is 15.5 Å². The third-order valence-electron chi connectivity index (χ3n) is 6.81. The fraction of sp³-hybridized carbons (Fsp3) is 0.400. The van der Waals surface area contributed by atoms with E-state index in [2.05, 4.69) is 25.0 Å². The molecule has 2 N–H and O–H groups in total. The zero-order chi connectivity index (χ0) is 25.4. The van der Waals surface area contributed by atoms with Gasteiger partial charge in [0, 0.05) is 38.7 Å². The first-order valence-electron chi connectivity index (χ1n) is 12.1. The van der Waals surface area contributed by atoms with Crippen LogP contribution in [-0.2, 0) is 6.42 Å². The maximum atomic E-state index is 14.2. The van der Waals surface area contributed by atoms with Crippen molar-refractivity contribution in [2.45, 2.75) is 45.1 Å². The highest BCUT2D eigenvalue weighted by molar-refractivity contribution is 5.93.